The third kappa shape index (κ3) is 6.61. The quantitative estimate of drug-likeness (QED) is 0.433. The summed E-state index contributed by atoms with van der Waals surface area (Å²) in [7, 11) is 0. The average molecular weight is 310 g/mol. The van der Waals surface area contributed by atoms with Crippen molar-refractivity contribution in [1.82, 2.24) is 0 Å². The van der Waals surface area contributed by atoms with Gasteiger partial charge < -0.3 is 10.2 Å². The van der Waals surface area contributed by atoms with Gasteiger partial charge in [-0.25, -0.2) is 0 Å². The standard InChI is InChI=1S/C19H22N2O2/c1-4-8-16(18(22)9-5-2)14-21-15(3)12-20-13-17-10-6-7-11-19(17)23/h4-11,13-15,22-23H,1-2,12H2,3H3/b16-8-,18-9+,20-13+,21-14+. The molecule has 2 N–H and O–H groups in total. The van der Waals surface area contributed by atoms with Crippen LogP contribution in [0.4, 0.5) is 0 Å². The summed E-state index contributed by atoms with van der Waals surface area (Å²) in [6.07, 6.45) is 9.43. The van der Waals surface area contributed by atoms with Crippen molar-refractivity contribution < 1.29 is 10.2 Å². The van der Waals surface area contributed by atoms with Gasteiger partial charge in [0.05, 0.1) is 12.6 Å². The van der Waals surface area contributed by atoms with E-state index in [1.165, 1.54) is 12.2 Å². The largest absolute Gasteiger partial charge is 0.507 e. The number of aliphatic hydroxyl groups excluding tert-OH is 1. The highest BCUT2D eigenvalue weighted by atomic mass is 16.3. The summed E-state index contributed by atoms with van der Waals surface area (Å²) in [5.74, 6) is 0.275. The number of aliphatic imine (C=N–C) groups is 2. The fraction of sp³-hybridized carbons (Fsp3) is 0.158. The average Bonchev–Trinajstić information content (AvgIpc) is 2.53. The van der Waals surface area contributed by atoms with E-state index < -0.39 is 0 Å². The van der Waals surface area contributed by atoms with Crippen molar-refractivity contribution in [2.45, 2.75) is 13.0 Å². The Morgan fingerprint density at radius 1 is 1.22 bits per heavy atom. The summed E-state index contributed by atoms with van der Waals surface area (Å²) in [4.78, 5) is 8.62. The minimum absolute atomic E-state index is 0.0677. The highest BCUT2D eigenvalue weighted by molar-refractivity contribution is 5.84. The fourth-order valence-electron chi connectivity index (χ4n) is 1.68. The van der Waals surface area contributed by atoms with Gasteiger partial charge in [-0.15, -0.1) is 0 Å². The van der Waals surface area contributed by atoms with Crippen LogP contribution in [0.2, 0.25) is 0 Å². The summed E-state index contributed by atoms with van der Waals surface area (Å²) < 4.78 is 0. The van der Waals surface area contributed by atoms with Crippen molar-refractivity contribution in [1.29, 1.82) is 0 Å². The van der Waals surface area contributed by atoms with Gasteiger partial charge in [0, 0.05) is 23.6 Å². The third-order valence-electron chi connectivity index (χ3n) is 2.87. The molecule has 0 fully saturated rings. The number of nitrogens with zero attached hydrogens (tertiary/aromatic N) is 2. The molecule has 1 rings (SSSR count). The van der Waals surface area contributed by atoms with Gasteiger partial charge in [-0.3, -0.25) is 9.98 Å². The molecule has 0 saturated heterocycles. The zero-order valence-electron chi connectivity index (χ0n) is 13.3. The Morgan fingerprint density at radius 3 is 2.57 bits per heavy atom. The van der Waals surface area contributed by atoms with Gasteiger partial charge in [0.15, 0.2) is 0 Å². The summed E-state index contributed by atoms with van der Waals surface area (Å²) in [5.41, 5.74) is 1.22. The lowest BCUT2D eigenvalue weighted by molar-refractivity contribution is 0.428. The van der Waals surface area contributed by atoms with Gasteiger partial charge in [-0.05, 0) is 25.1 Å². The van der Waals surface area contributed by atoms with Crippen LogP contribution in [0.1, 0.15) is 12.5 Å². The van der Waals surface area contributed by atoms with Crippen molar-refractivity contribution in [3.05, 3.63) is 78.6 Å². The Bertz CT molecular complexity index is 655. The number of phenolic OH excluding ortho intramolecular Hbond substituents is 1. The number of aromatic hydroxyl groups is 1. The van der Waals surface area contributed by atoms with E-state index in [9.17, 15) is 10.2 Å². The third-order valence-corrected chi connectivity index (χ3v) is 2.87. The number of hydrogen-bond donors (Lipinski definition) is 2. The fourth-order valence-corrected chi connectivity index (χ4v) is 1.68. The molecule has 1 aromatic rings. The molecule has 0 bridgehead atoms. The zero-order valence-corrected chi connectivity index (χ0v) is 13.3. The Kier molecular flexibility index (Phi) is 7.86. The molecule has 4 nitrogen and oxygen atoms in total. The maximum atomic E-state index is 9.83. The number of para-hydroxylation sites is 1. The smallest absolute Gasteiger partial charge is 0.124 e. The molecule has 1 aromatic carbocycles. The van der Waals surface area contributed by atoms with Crippen LogP contribution in [0.5, 0.6) is 5.75 Å². The predicted octanol–water partition coefficient (Wildman–Crippen LogP) is 4.01. The number of rotatable bonds is 8. The second-order valence-corrected chi connectivity index (χ2v) is 4.83. The topological polar surface area (TPSA) is 65.2 Å². The molecule has 23 heavy (non-hydrogen) atoms. The van der Waals surface area contributed by atoms with Crippen LogP contribution in [-0.2, 0) is 0 Å². The summed E-state index contributed by atoms with van der Waals surface area (Å²) >= 11 is 0. The second kappa shape index (κ2) is 9.95. The van der Waals surface area contributed by atoms with Crippen molar-refractivity contribution in [3.8, 4) is 5.75 Å². The van der Waals surface area contributed by atoms with Crippen LogP contribution >= 0.6 is 0 Å². The Hall–Kier alpha value is -2.88. The molecule has 4 heteroatoms. The van der Waals surface area contributed by atoms with Gasteiger partial charge in [0.2, 0.25) is 0 Å². The first-order chi connectivity index (χ1) is 11.1. The zero-order chi connectivity index (χ0) is 17.1. The summed E-state index contributed by atoms with van der Waals surface area (Å²) in [6, 6.07) is 6.93. The molecule has 0 saturated carbocycles. The van der Waals surface area contributed by atoms with Crippen molar-refractivity contribution in [2.24, 2.45) is 9.98 Å². The number of aliphatic hydroxyl groups is 1. The predicted molar refractivity (Wildman–Crippen MR) is 97.7 cm³/mol. The first kappa shape index (κ1) is 18.2. The molecule has 0 aliphatic carbocycles. The number of hydrogen-bond acceptors (Lipinski definition) is 4. The van der Waals surface area contributed by atoms with E-state index in [1.54, 1.807) is 42.8 Å². The van der Waals surface area contributed by atoms with Gasteiger partial charge >= 0.3 is 0 Å². The highest BCUT2D eigenvalue weighted by Crippen LogP contribution is 2.12. The SMILES string of the molecule is C=C/C=C(/C=N/C(C)C/N=C/c1ccccc1O)C(\O)=C/C=C. The first-order valence-electron chi connectivity index (χ1n) is 7.24. The normalized spacial score (nSPS) is 14.3. The van der Waals surface area contributed by atoms with E-state index in [-0.39, 0.29) is 17.6 Å². The maximum Gasteiger partial charge on any atom is 0.124 e. The monoisotopic (exact) mass is 310 g/mol. The van der Waals surface area contributed by atoms with E-state index in [0.717, 1.165) is 0 Å². The van der Waals surface area contributed by atoms with E-state index >= 15 is 0 Å². The first-order valence-corrected chi connectivity index (χ1v) is 7.24. The van der Waals surface area contributed by atoms with Crippen LogP contribution in [0.25, 0.3) is 0 Å². The van der Waals surface area contributed by atoms with Gasteiger partial charge in [0.25, 0.3) is 0 Å². The molecule has 0 aliphatic heterocycles. The molecule has 0 radical (unpaired) electrons. The van der Waals surface area contributed by atoms with E-state index in [1.807, 2.05) is 13.0 Å². The molecule has 120 valence electrons. The molecule has 1 atom stereocenters. The van der Waals surface area contributed by atoms with Gasteiger partial charge in [0.1, 0.15) is 11.5 Å². The highest BCUT2D eigenvalue weighted by Gasteiger charge is 2.01. The molecular formula is C19H22N2O2. The molecule has 1 unspecified atom stereocenters. The minimum atomic E-state index is -0.0677. The van der Waals surface area contributed by atoms with Gasteiger partial charge in [-0.2, -0.15) is 0 Å². The molecule has 0 spiro atoms. The van der Waals surface area contributed by atoms with Gasteiger partial charge in [-0.1, -0.05) is 43.5 Å². The summed E-state index contributed by atoms with van der Waals surface area (Å²) in [6.45, 7) is 9.54. The Labute approximate surface area is 137 Å². The second-order valence-electron chi connectivity index (χ2n) is 4.83. The lowest BCUT2D eigenvalue weighted by atomic mass is 10.2. The molecule has 0 aliphatic rings. The van der Waals surface area contributed by atoms with Crippen LogP contribution < -0.4 is 0 Å². The van der Waals surface area contributed by atoms with E-state index in [2.05, 4.69) is 23.1 Å². The molecule has 0 aromatic heterocycles. The molecule has 0 amide bonds. The number of phenols is 1. The van der Waals surface area contributed by atoms with Crippen LogP contribution in [0.3, 0.4) is 0 Å². The molecule has 0 heterocycles. The number of benzene rings is 1. The lowest BCUT2D eigenvalue weighted by Crippen LogP contribution is -2.04. The van der Waals surface area contributed by atoms with Crippen LogP contribution in [0, 0.1) is 0 Å². The molecular weight excluding hydrogens is 288 g/mol. The van der Waals surface area contributed by atoms with Crippen molar-refractivity contribution >= 4 is 12.4 Å². The summed E-state index contributed by atoms with van der Waals surface area (Å²) in [5, 5.41) is 19.5. The van der Waals surface area contributed by atoms with Crippen LogP contribution in [0.15, 0.2) is 83.0 Å². The van der Waals surface area contributed by atoms with Crippen molar-refractivity contribution in [3.63, 3.8) is 0 Å². The maximum absolute atomic E-state index is 9.83. The van der Waals surface area contributed by atoms with E-state index in [4.69, 9.17) is 0 Å². The lowest BCUT2D eigenvalue weighted by Gasteiger charge is -2.04. The van der Waals surface area contributed by atoms with Crippen molar-refractivity contribution in [2.75, 3.05) is 6.54 Å². The van der Waals surface area contributed by atoms with Crippen LogP contribution in [-0.4, -0.2) is 35.2 Å². The Balaban J connectivity index is 2.68. The Morgan fingerprint density at radius 2 is 1.91 bits per heavy atom. The minimum Gasteiger partial charge on any atom is -0.507 e. The number of allylic oxidation sites excluding steroid dienone is 5. The van der Waals surface area contributed by atoms with E-state index in [0.29, 0.717) is 17.7 Å².